The predicted octanol–water partition coefficient (Wildman–Crippen LogP) is 3.93. The number of benzene rings is 1. The Kier molecular flexibility index (Phi) is 5.16. The molecule has 0 spiro atoms. The van der Waals surface area contributed by atoms with Gasteiger partial charge in [-0.3, -0.25) is 9.78 Å². The number of ether oxygens (including phenoxy) is 1. The van der Waals surface area contributed by atoms with Gasteiger partial charge in [0.25, 0.3) is 5.91 Å². The Bertz CT molecular complexity index is 1060. The molecule has 0 radical (unpaired) electrons. The van der Waals surface area contributed by atoms with Crippen molar-refractivity contribution in [1.29, 1.82) is 0 Å². The standard InChI is InChI=1S/C21H18N4O2S/c1-27-17-6-4-16(5-7-17)18-19(28-21(24-18)25-12-2-3-13-25)20(26)23-14-15-8-10-22-11-9-15/h2-13H,14H2,1H3,(H,23,26). The highest BCUT2D eigenvalue weighted by Gasteiger charge is 2.20. The summed E-state index contributed by atoms with van der Waals surface area (Å²) < 4.78 is 7.13. The summed E-state index contributed by atoms with van der Waals surface area (Å²) in [6.45, 7) is 0.431. The molecule has 1 amide bonds. The van der Waals surface area contributed by atoms with Crippen molar-refractivity contribution >= 4 is 17.2 Å². The van der Waals surface area contributed by atoms with Crippen LogP contribution in [0.15, 0.2) is 73.3 Å². The van der Waals surface area contributed by atoms with Gasteiger partial charge in [-0.25, -0.2) is 4.98 Å². The first-order valence-corrected chi connectivity index (χ1v) is 9.52. The molecule has 0 aliphatic heterocycles. The van der Waals surface area contributed by atoms with Crippen molar-refractivity contribution in [2.75, 3.05) is 7.11 Å². The van der Waals surface area contributed by atoms with Gasteiger partial charge in [0, 0.05) is 36.9 Å². The minimum absolute atomic E-state index is 0.154. The minimum Gasteiger partial charge on any atom is -0.497 e. The van der Waals surface area contributed by atoms with Gasteiger partial charge in [0.05, 0.1) is 12.8 Å². The van der Waals surface area contributed by atoms with Crippen LogP contribution in [0.4, 0.5) is 0 Å². The highest BCUT2D eigenvalue weighted by Crippen LogP contribution is 2.31. The monoisotopic (exact) mass is 390 g/mol. The van der Waals surface area contributed by atoms with Crippen LogP contribution in [0.5, 0.6) is 5.75 Å². The Hall–Kier alpha value is -3.45. The number of methoxy groups -OCH3 is 1. The van der Waals surface area contributed by atoms with Gasteiger partial charge in [0.1, 0.15) is 10.6 Å². The van der Waals surface area contributed by atoms with Crippen LogP contribution in [-0.4, -0.2) is 27.6 Å². The largest absolute Gasteiger partial charge is 0.497 e. The summed E-state index contributed by atoms with van der Waals surface area (Å²) >= 11 is 1.36. The summed E-state index contributed by atoms with van der Waals surface area (Å²) in [4.78, 5) is 22.2. The SMILES string of the molecule is COc1ccc(-c2nc(-n3cccc3)sc2C(=O)NCc2ccncc2)cc1. The van der Waals surface area contributed by atoms with Crippen molar-refractivity contribution in [3.8, 4) is 22.1 Å². The van der Waals surface area contributed by atoms with Crippen molar-refractivity contribution in [3.63, 3.8) is 0 Å². The van der Waals surface area contributed by atoms with E-state index in [0.717, 1.165) is 22.0 Å². The molecule has 0 saturated heterocycles. The van der Waals surface area contributed by atoms with Gasteiger partial charge in [0.15, 0.2) is 5.13 Å². The normalized spacial score (nSPS) is 10.6. The number of aromatic nitrogens is 3. The molecule has 0 unspecified atom stereocenters. The van der Waals surface area contributed by atoms with E-state index in [1.807, 2.05) is 65.5 Å². The molecule has 140 valence electrons. The maximum absolute atomic E-state index is 12.9. The van der Waals surface area contributed by atoms with Gasteiger partial charge >= 0.3 is 0 Å². The number of rotatable bonds is 6. The third-order valence-corrected chi connectivity index (χ3v) is 5.28. The van der Waals surface area contributed by atoms with Crippen LogP contribution in [0.1, 0.15) is 15.2 Å². The molecule has 4 rings (SSSR count). The molecular weight excluding hydrogens is 372 g/mol. The molecule has 1 N–H and O–H groups in total. The van der Waals surface area contributed by atoms with E-state index in [-0.39, 0.29) is 5.91 Å². The third-order valence-electron chi connectivity index (χ3n) is 4.21. The number of amides is 1. The second kappa shape index (κ2) is 8.06. The zero-order chi connectivity index (χ0) is 19.3. The van der Waals surface area contributed by atoms with Gasteiger partial charge in [-0.2, -0.15) is 0 Å². The second-order valence-corrected chi connectivity index (χ2v) is 7.01. The summed E-state index contributed by atoms with van der Waals surface area (Å²) in [5.41, 5.74) is 2.51. The lowest BCUT2D eigenvalue weighted by Crippen LogP contribution is -2.22. The minimum atomic E-state index is -0.154. The number of hydrogen-bond acceptors (Lipinski definition) is 5. The van der Waals surface area contributed by atoms with Gasteiger partial charge in [0.2, 0.25) is 0 Å². The third kappa shape index (κ3) is 3.79. The Morgan fingerprint density at radius 3 is 2.50 bits per heavy atom. The summed E-state index contributed by atoms with van der Waals surface area (Å²) in [5, 5.41) is 3.72. The highest BCUT2D eigenvalue weighted by atomic mass is 32.1. The molecule has 0 fully saturated rings. The van der Waals surface area contributed by atoms with Gasteiger partial charge in [-0.15, -0.1) is 0 Å². The summed E-state index contributed by atoms with van der Waals surface area (Å²) in [7, 11) is 1.62. The van der Waals surface area contributed by atoms with E-state index >= 15 is 0 Å². The molecule has 6 nitrogen and oxygen atoms in total. The molecule has 1 aromatic carbocycles. The Balaban J connectivity index is 1.66. The van der Waals surface area contributed by atoms with Crippen LogP contribution >= 0.6 is 11.3 Å². The van der Waals surface area contributed by atoms with Crippen molar-refractivity contribution in [3.05, 3.63) is 83.8 Å². The molecule has 7 heteroatoms. The molecule has 0 bridgehead atoms. The first kappa shape index (κ1) is 17.9. The van der Waals surface area contributed by atoms with E-state index in [1.165, 1.54) is 11.3 Å². The average molecular weight is 390 g/mol. The van der Waals surface area contributed by atoms with Crippen molar-refractivity contribution in [2.24, 2.45) is 0 Å². The van der Waals surface area contributed by atoms with Crippen molar-refractivity contribution < 1.29 is 9.53 Å². The lowest BCUT2D eigenvalue weighted by atomic mass is 10.1. The lowest BCUT2D eigenvalue weighted by molar-refractivity contribution is 0.0955. The fraction of sp³-hybridized carbons (Fsp3) is 0.0952. The fourth-order valence-corrected chi connectivity index (χ4v) is 3.71. The van der Waals surface area contributed by atoms with Gasteiger partial charge in [-0.1, -0.05) is 11.3 Å². The molecule has 0 aliphatic rings. The summed E-state index contributed by atoms with van der Waals surface area (Å²) in [5.74, 6) is 0.604. The molecule has 0 aliphatic carbocycles. The number of nitrogens with one attached hydrogen (secondary N) is 1. The van der Waals surface area contributed by atoms with Crippen molar-refractivity contribution in [2.45, 2.75) is 6.54 Å². The van der Waals surface area contributed by atoms with Gasteiger partial charge < -0.3 is 14.6 Å². The van der Waals surface area contributed by atoms with Crippen LogP contribution in [0.2, 0.25) is 0 Å². The Morgan fingerprint density at radius 2 is 1.82 bits per heavy atom. The van der Waals surface area contributed by atoms with E-state index in [1.54, 1.807) is 19.5 Å². The number of hydrogen-bond donors (Lipinski definition) is 1. The molecule has 3 aromatic heterocycles. The van der Waals surface area contributed by atoms with E-state index in [9.17, 15) is 4.79 Å². The molecule has 28 heavy (non-hydrogen) atoms. The first-order valence-electron chi connectivity index (χ1n) is 8.70. The zero-order valence-electron chi connectivity index (χ0n) is 15.2. The fourth-order valence-electron chi connectivity index (χ4n) is 2.74. The topological polar surface area (TPSA) is 69.0 Å². The predicted molar refractivity (Wildman–Crippen MR) is 109 cm³/mol. The maximum atomic E-state index is 12.9. The number of thiazole rings is 1. The van der Waals surface area contributed by atoms with Crippen LogP contribution in [0.3, 0.4) is 0 Å². The van der Waals surface area contributed by atoms with Crippen LogP contribution in [0, 0.1) is 0 Å². The number of carbonyl (C=O) groups is 1. The molecule has 3 heterocycles. The number of nitrogens with zero attached hydrogens (tertiary/aromatic N) is 3. The zero-order valence-corrected chi connectivity index (χ0v) is 16.0. The maximum Gasteiger partial charge on any atom is 0.264 e. The summed E-state index contributed by atoms with van der Waals surface area (Å²) in [6, 6.07) is 15.2. The molecular formula is C21H18N4O2S. The smallest absolute Gasteiger partial charge is 0.264 e. The van der Waals surface area contributed by atoms with Crippen molar-refractivity contribution in [1.82, 2.24) is 19.9 Å². The van der Waals surface area contributed by atoms with E-state index in [0.29, 0.717) is 17.1 Å². The van der Waals surface area contributed by atoms with Crippen LogP contribution in [-0.2, 0) is 6.54 Å². The van der Waals surface area contributed by atoms with Gasteiger partial charge in [-0.05, 0) is 54.1 Å². The molecule has 0 saturated carbocycles. The van der Waals surface area contributed by atoms with E-state index in [2.05, 4.69) is 10.3 Å². The number of pyridine rings is 1. The van der Waals surface area contributed by atoms with E-state index in [4.69, 9.17) is 9.72 Å². The van der Waals surface area contributed by atoms with Crippen LogP contribution in [0.25, 0.3) is 16.4 Å². The van der Waals surface area contributed by atoms with Crippen LogP contribution < -0.4 is 10.1 Å². The van der Waals surface area contributed by atoms with E-state index < -0.39 is 0 Å². The Morgan fingerprint density at radius 1 is 1.11 bits per heavy atom. The summed E-state index contributed by atoms with van der Waals surface area (Å²) in [6.07, 6.45) is 7.24. The average Bonchev–Trinajstić information content (AvgIpc) is 3.43. The second-order valence-electron chi connectivity index (χ2n) is 6.03. The number of carbonyl (C=O) groups excluding carboxylic acids is 1. The Labute approximate surface area is 166 Å². The first-order chi connectivity index (χ1) is 13.7. The highest BCUT2D eigenvalue weighted by molar-refractivity contribution is 7.16. The quantitative estimate of drug-likeness (QED) is 0.542. The molecule has 0 atom stereocenters. The molecule has 4 aromatic rings. The lowest BCUT2D eigenvalue weighted by Gasteiger charge is -2.06.